The summed E-state index contributed by atoms with van der Waals surface area (Å²) in [6.45, 7) is 0.181. The monoisotopic (exact) mass is 460 g/mol. The van der Waals surface area contributed by atoms with Gasteiger partial charge in [-0.1, -0.05) is 24.3 Å². The summed E-state index contributed by atoms with van der Waals surface area (Å²) < 4.78 is 13.6. The van der Waals surface area contributed by atoms with Crippen LogP contribution in [0.25, 0.3) is 0 Å². The van der Waals surface area contributed by atoms with Gasteiger partial charge < -0.3 is 5.32 Å². The summed E-state index contributed by atoms with van der Waals surface area (Å²) in [5.41, 5.74) is 5.44. The number of hydrogen-bond donors (Lipinski definition) is 3. The summed E-state index contributed by atoms with van der Waals surface area (Å²) >= 11 is 3.26. The van der Waals surface area contributed by atoms with Gasteiger partial charge in [-0.2, -0.15) is 0 Å². The molecule has 1 aromatic heterocycles. The predicted molar refractivity (Wildman–Crippen MR) is 108 cm³/mol. The molecule has 3 rings (SSSR count). The smallest absolute Gasteiger partial charge is 0.354 e. The van der Waals surface area contributed by atoms with E-state index in [1.54, 1.807) is 36.4 Å². The van der Waals surface area contributed by atoms with E-state index in [4.69, 9.17) is 0 Å². The minimum atomic E-state index is -0.667. The number of nitro groups is 1. The largest absolute Gasteiger partial charge is 0.360 e. The van der Waals surface area contributed by atoms with E-state index in [0.717, 1.165) is 6.33 Å². The fraction of sp³-hybridized carbons (Fsp3) is 0.0556. The van der Waals surface area contributed by atoms with Gasteiger partial charge in [-0.25, -0.2) is 14.4 Å². The lowest BCUT2D eigenvalue weighted by molar-refractivity contribution is -0.383. The number of hydrazine groups is 1. The van der Waals surface area contributed by atoms with Gasteiger partial charge in [0.25, 0.3) is 5.91 Å². The van der Waals surface area contributed by atoms with Crippen LogP contribution >= 0.6 is 15.9 Å². The first-order valence-corrected chi connectivity index (χ1v) is 9.03. The van der Waals surface area contributed by atoms with Crippen molar-refractivity contribution < 1.29 is 14.1 Å². The Bertz CT molecular complexity index is 1050. The Morgan fingerprint density at radius 3 is 2.48 bits per heavy atom. The van der Waals surface area contributed by atoms with Crippen LogP contribution in [0, 0.1) is 15.9 Å². The summed E-state index contributed by atoms with van der Waals surface area (Å²) in [7, 11) is 0. The molecule has 148 valence electrons. The number of amides is 1. The second-order valence-corrected chi connectivity index (χ2v) is 6.57. The number of benzene rings is 2. The highest BCUT2D eigenvalue weighted by Gasteiger charge is 2.23. The highest BCUT2D eigenvalue weighted by atomic mass is 79.9. The summed E-state index contributed by atoms with van der Waals surface area (Å²) in [6.07, 6.45) is 1.12. The van der Waals surface area contributed by atoms with E-state index in [1.165, 1.54) is 12.1 Å². The number of anilines is 2. The van der Waals surface area contributed by atoms with Crippen molar-refractivity contribution >= 4 is 39.2 Å². The number of nitrogens with one attached hydrogen (secondary N) is 3. The van der Waals surface area contributed by atoms with E-state index in [1.807, 2.05) is 0 Å². The Balaban J connectivity index is 1.76. The summed E-state index contributed by atoms with van der Waals surface area (Å²) in [6, 6.07) is 12.4. The van der Waals surface area contributed by atoms with Gasteiger partial charge in [0.1, 0.15) is 12.1 Å². The van der Waals surface area contributed by atoms with Crippen molar-refractivity contribution in [3.05, 3.63) is 86.4 Å². The van der Waals surface area contributed by atoms with E-state index in [-0.39, 0.29) is 24.0 Å². The molecule has 0 unspecified atom stereocenters. The van der Waals surface area contributed by atoms with Gasteiger partial charge >= 0.3 is 5.69 Å². The molecule has 3 aromatic rings. The molecule has 1 heterocycles. The lowest BCUT2D eigenvalue weighted by atomic mass is 10.2. The van der Waals surface area contributed by atoms with Crippen LogP contribution in [0.2, 0.25) is 0 Å². The summed E-state index contributed by atoms with van der Waals surface area (Å²) in [5.74, 6) is -1.13. The van der Waals surface area contributed by atoms with Gasteiger partial charge in [0.2, 0.25) is 11.6 Å². The number of nitrogens with zero attached hydrogens (tertiary/aromatic N) is 3. The van der Waals surface area contributed by atoms with Crippen molar-refractivity contribution in [2.24, 2.45) is 0 Å². The molecule has 2 aromatic carbocycles. The normalized spacial score (nSPS) is 10.3. The zero-order valence-corrected chi connectivity index (χ0v) is 16.3. The first-order chi connectivity index (χ1) is 14.0. The highest BCUT2D eigenvalue weighted by molar-refractivity contribution is 9.10. The van der Waals surface area contributed by atoms with Gasteiger partial charge in [0, 0.05) is 11.0 Å². The molecule has 29 heavy (non-hydrogen) atoms. The number of hydrogen-bond acceptors (Lipinski definition) is 7. The Morgan fingerprint density at radius 2 is 1.79 bits per heavy atom. The number of rotatable bonds is 7. The quantitative estimate of drug-likeness (QED) is 0.363. The summed E-state index contributed by atoms with van der Waals surface area (Å²) in [5, 5.41) is 14.4. The Labute approximate surface area is 172 Å². The predicted octanol–water partition coefficient (Wildman–Crippen LogP) is 3.66. The van der Waals surface area contributed by atoms with Gasteiger partial charge in [0.15, 0.2) is 0 Å². The van der Waals surface area contributed by atoms with Crippen LogP contribution in [-0.4, -0.2) is 20.8 Å². The van der Waals surface area contributed by atoms with Crippen molar-refractivity contribution in [2.45, 2.75) is 6.54 Å². The lowest BCUT2D eigenvalue weighted by Gasteiger charge is -2.11. The molecule has 0 spiro atoms. The minimum Gasteiger partial charge on any atom is -0.360 e. The van der Waals surface area contributed by atoms with Crippen molar-refractivity contribution in [1.29, 1.82) is 0 Å². The molecule has 11 heteroatoms. The van der Waals surface area contributed by atoms with E-state index < -0.39 is 16.5 Å². The Morgan fingerprint density at radius 1 is 1.10 bits per heavy atom. The van der Waals surface area contributed by atoms with E-state index in [9.17, 15) is 19.3 Å². The third-order valence-corrected chi connectivity index (χ3v) is 4.48. The average molecular weight is 461 g/mol. The Kier molecular flexibility index (Phi) is 6.29. The van der Waals surface area contributed by atoms with E-state index in [0.29, 0.717) is 15.6 Å². The first kappa shape index (κ1) is 20.1. The molecule has 0 fully saturated rings. The van der Waals surface area contributed by atoms with Crippen LogP contribution in [0.4, 0.5) is 21.7 Å². The van der Waals surface area contributed by atoms with Crippen molar-refractivity contribution in [3.63, 3.8) is 0 Å². The maximum absolute atomic E-state index is 13.0. The molecule has 9 nitrogen and oxygen atoms in total. The SMILES string of the molecule is O=C(NNc1ncnc(NCc2ccc(F)cc2)c1[N+](=O)[O-])c1ccccc1Br. The van der Waals surface area contributed by atoms with Crippen LogP contribution in [0.1, 0.15) is 15.9 Å². The average Bonchev–Trinajstić information content (AvgIpc) is 2.71. The molecule has 0 bridgehead atoms. The molecule has 0 saturated heterocycles. The zero-order chi connectivity index (χ0) is 20.8. The zero-order valence-electron chi connectivity index (χ0n) is 14.7. The fourth-order valence-electron chi connectivity index (χ4n) is 2.39. The Hall–Kier alpha value is -3.60. The number of aromatic nitrogens is 2. The summed E-state index contributed by atoms with van der Waals surface area (Å²) in [4.78, 5) is 30.9. The minimum absolute atomic E-state index is 0.0491. The molecule has 0 radical (unpaired) electrons. The molecule has 0 saturated carbocycles. The van der Waals surface area contributed by atoms with E-state index in [2.05, 4.69) is 42.1 Å². The third kappa shape index (κ3) is 5.02. The fourth-order valence-corrected chi connectivity index (χ4v) is 2.85. The number of carbonyl (C=O) groups is 1. The molecule has 1 amide bonds. The van der Waals surface area contributed by atoms with Crippen LogP contribution in [0.3, 0.4) is 0 Å². The van der Waals surface area contributed by atoms with E-state index >= 15 is 0 Å². The maximum atomic E-state index is 13.0. The highest BCUT2D eigenvalue weighted by Crippen LogP contribution is 2.28. The van der Waals surface area contributed by atoms with Crippen molar-refractivity contribution in [1.82, 2.24) is 15.4 Å². The van der Waals surface area contributed by atoms with Gasteiger partial charge in [-0.05, 0) is 45.8 Å². The number of halogens is 2. The first-order valence-electron chi connectivity index (χ1n) is 8.24. The van der Waals surface area contributed by atoms with Crippen LogP contribution < -0.4 is 16.2 Å². The third-order valence-electron chi connectivity index (χ3n) is 3.79. The number of carbonyl (C=O) groups excluding carboxylic acids is 1. The van der Waals surface area contributed by atoms with Gasteiger partial charge in [0.05, 0.1) is 10.5 Å². The van der Waals surface area contributed by atoms with Crippen molar-refractivity contribution in [2.75, 3.05) is 10.7 Å². The van der Waals surface area contributed by atoms with Gasteiger partial charge in [-0.15, -0.1) is 0 Å². The maximum Gasteiger partial charge on any atom is 0.354 e. The molecule has 0 atom stereocenters. The molecule has 0 aliphatic heterocycles. The second kappa shape index (κ2) is 9.06. The van der Waals surface area contributed by atoms with Crippen molar-refractivity contribution in [3.8, 4) is 0 Å². The van der Waals surface area contributed by atoms with Crippen LogP contribution in [0.5, 0.6) is 0 Å². The standard InChI is InChI=1S/C18H14BrFN6O3/c19-14-4-2-1-3-13(14)18(27)25-24-17-15(26(28)29)16(22-10-23-17)21-9-11-5-7-12(20)8-6-11/h1-8,10H,9H2,(H,25,27)(H2,21,22,23,24). The molecular weight excluding hydrogens is 447 g/mol. The second-order valence-electron chi connectivity index (χ2n) is 5.72. The molecule has 0 aliphatic carbocycles. The topological polar surface area (TPSA) is 122 Å². The lowest BCUT2D eigenvalue weighted by Crippen LogP contribution is -2.30. The van der Waals surface area contributed by atoms with Crippen LogP contribution in [-0.2, 0) is 6.54 Å². The van der Waals surface area contributed by atoms with Gasteiger partial charge in [-0.3, -0.25) is 25.8 Å². The van der Waals surface area contributed by atoms with Crippen LogP contribution in [0.15, 0.2) is 59.3 Å². The molecular formula is C18H14BrFN6O3. The molecule has 0 aliphatic rings. The molecule has 3 N–H and O–H groups in total.